The smallest absolute Gasteiger partial charge is 0.144 e. The number of halogens is 1. The second-order valence-electron chi connectivity index (χ2n) is 3.97. The molecule has 2 N–H and O–H groups in total. The molecular weight excluding hydrogens is 247 g/mol. The van der Waals surface area contributed by atoms with E-state index in [-0.39, 0.29) is 6.61 Å². The molecule has 0 atom stereocenters. The number of pyridine rings is 1. The summed E-state index contributed by atoms with van der Waals surface area (Å²) in [7, 11) is 0. The van der Waals surface area contributed by atoms with Crippen LogP contribution in [-0.4, -0.2) is 18.3 Å². The van der Waals surface area contributed by atoms with Crippen molar-refractivity contribution in [3.05, 3.63) is 42.7 Å². The first-order valence-electron chi connectivity index (χ1n) is 5.94. The van der Waals surface area contributed by atoms with Crippen molar-refractivity contribution < 1.29 is 9.13 Å². The minimum atomic E-state index is -0.513. The van der Waals surface area contributed by atoms with Crippen molar-refractivity contribution in [2.45, 2.75) is 0 Å². The van der Waals surface area contributed by atoms with Crippen LogP contribution in [-0.2, 0) is 0 Å². The molecule has 1 aliphatic rings. The second kappa shape index (κ2) is 5.11. The van der Waals surface area contributed by atoms with Gasteiger partial charge in [-0.2, -0.15) is 0 Å². The van der Waals surface area contributed by atoms with Gasteiger partial charge in [0.15, 0.2) is 0 Å². The van der Waals surface area contributed by atoms with Crippen LogP contribution in [0, 0.1) is 0 Å². The third-order valence-corrected chi connectivity index (χ3v) is 2.78. The van der Waals surface area contributed by atoms with Gasteiger partial charge in [0.05, 0.1) is 17.6 Å². The van der Waals surface area contributed by atoms with Gasteiger partial charge in [0.1, 0.15) is 24.7 Å². The first kappa shape index (κ1) is 11.7. The van der Waals surface area contributed by atoms with Crippen LogP contribution in [0.4, 0.5) is 21.5 Å². The fraction of sp³-hybridized carbons (Fsp3) is 0.154. The summed E-state index contributed by atoms with van der Waals surface area (Å²) in [5.74, 6) is 0.624. The maximum Gasteiger partial charge on any atom is 0.144 e. The van der Waals surface area contributed by atoms with Gasteiger partial charge in [-0.3, -0.25) is 15.4 Å². The number of hydrazine groups is 2. The number of nitrogens with one attached hydrogen (secondary N) is 2. The Balaban J connectivity index is 1.95. The summed E-state index contributed by atoms with van der Waals surface area (Å²) in [4.78, 5) is 4.05. The molecule has 2 aromatic rings. The average Bonchev–Trinajstić information content (AvgIpc) is 2.89. The first-order chi connectivity index (χ1) is 9.40. The molecule has 1 aromatic carbocycles. The molecule has 2 heterocycles. The fourth-order valence-corrected chi connectivity index (χ4v) is 1.96. The van der Waals surface area contributed by atoms with Crippen LogP contribution in [0.1, 0.15) is 0 Å². The molecule has 1 aromatic heterocycles. The molecule has 0 saturated carbocycles. The molecule has 0 radical (unpaired) electrons. The van der Waals surface area contributed by atoms with Crippen LogP contribution in [0.5, 0.6) is 5.75 Å². The van der Waals surface area contributed by atoms with Crippen molar-refractivity contribution in [2.24, 2.45) is 0 Å². The zero-order valence-corrected chi connectivity index (χ0v) is 10.1. The predicted octanol–water partition coefficient (Wildman–Crippen LogP) is 2.41. The summed E-state index contributed by atoms with van der Waals surface area (Å²) < 4.78 is 17.7. The number of para-hydroxylation sites is 2. The molecular formula is C13H13FN4O. The largest absolute Gasteiger partial charge is 0.489 e. The number of nitrogens with zero attached hydrogens (tertiary/aromatic N) is 2. The van der Waals surface area contributed by atoms with Gasteiger partial charge in [0.25, 0.3) is 0 Å². The van der Waals surface area contributed by atoms with Gasteiger partial charge < -0.3 is 4.74 Å². The van der Waals surface area contributed by atoms with Crippen molar-refractivity contribution in [3.8, 4) is 5.75 Å². The lowest BCUT2D eigenvalue weighted by atomic mass is 10.2. The first-order valence-corrected chi connectivity index (χ1v) is 5.94. The highest BCUT2D eigenvalue weighted by Crippen LogP contribution is 2.38. The number of aromatic nitrogens is 1. The molecule has 6 heteroatoms. The molecule has 0 unspecified atom stereocenters. The second-order valence-corrected chi connectivity index (χ2v) is 3.97. The Morgan fingerprint density at radius 3 is 3.00 bits per heavy atom. The Bertz CT molecular complexity index is 578. The Morgan fingerprint density at radius 2 is 2.11 bits per heavy atom. The molecule has 0 spiro atoms. The summed E-state index contributed by atoms with van der Waals surface area (Å²) in [6.07, 6.45) is 3.44. The van der Waals surface area contributed by atoms with Crippen molar-refractivity contribution in [2.75, 3.05) is 23.7 Å². The number of hydrogen-bond donors (Lipinski definition) is 2. The molecule has 3 rings (SSSR count). The number of alkyl halides is 1. The monoisotopic (exact) mass is 260 g/mol. The van der Waals surface area contributed by atoms with Crippen LogP contribution < -0.4 is 20.7 Å². The number of fused-ring (bicyclic) bond motifs is 1. The molecule has 1 aliphatic heterocycles. The normalized spacial score (nSPS) is 13.0. The SMILES string of the molecule is FCCOc1ccccc1N1NNc2cnccc21. The van der Waals surface area contributed by atoms with E-state index in [0.717, 1.165) is 17.1 Å². The van der Waals surface area contributed by atoms with E-state index in [1.807, 2.05) is 35.3 Å². The quantitative estimate of drug-likeness (QED) is 0.884. The van der Waals surface area contributed by atoms with Gasteiger partial charge in [-0.15, -0.1) is 5.53 Å². The highest BCUT2D eigenvalue weighted by atomic mass is 19.1. The molecule has 0 saturated heterocycles. The Kier molecular flexibility index (Phi) is 3.16. The minimum absolute atomic E-state index is 0.0431. The summed E-state index contributed by atoms with van der Waals surface area (Å²) in [5.41, 5.74) is 8.67. The van der Waals surface area contributed by atoms with E-state index in [1.54, 1.807) is 12.4 Å². The lowest BCUT2D eigenvalue weighted by Crippen LogP contribution is -2.31. The van der Waals surface area contributed by atoms with Crippen LogP contribution in [0.3, 0.4) is 0 Å². The van der Waals surface area contributed by atoms with Gasteiger partial charge in [0, 0.05) is 6.20 Å². The van der Waals surface area contributed by atoms with Crippen LogP contribution >= 0.6 is 0 Å². The van der Waals surface area contributed by atoms with Gasteiger partial charge in [0.2, 0.25) is 0 Å². The standard InChI is InChI=1S/C13H13FN4O/c14-6-8-19-13-4-2-1-3-12(13)18-11-5-7-15-9-10(11)16-17-18/h1-5,7,9,16-17H,6,8H2. The van der Waals surface area contributed by atoms with E-state index < -0.39 is 6.67 Å². The predicted molar refractivity (Wildman–Crippen MR) is 71.0 cm³/mol. The maximum atomic E-state index is 12.3. The third kappa shape index (κ3) is 2.17. The summed E-state index contributed by atoms with van der Waals surface area (Å²) in [6.45, 7) is -0.470. The van der Waals surface area contributed by atoms with Gasteiger partial charge in [-0.25, -0.2) is 4.39 Å². The lowest BCUT2D eigenvalue weighted by Gasteiger charge is -2.20. The van der Waals surface area contributed by atoms with Gasteiger partial charge in [-0.05, 0) is 18.2 Å². The Labute approximate surface area is 110 Å². The highest BCUT2D eigenvalue weighted by molar-refractivity contribution is 5.80. The number of rotatable bonds is 4. The lowest BCUT2D eigenvalue weighted by molar-refractivity contribution is 0.273. The van der Waals surface area contributed by atoms with E-state index >= 15 is 0 Å². The van der Waals surface area contributed by atoms with E-state index in [2.05, 4.69) is 15.9 Å². The van der Waals surface area contributed by atoms with Crippen LogP contribution in [0.2, 0.25) is 0 Å². The molecule has 98 valence electrons. The number of ether oxygens (including phenoxy) is 1. The number of hydrogen-bond acceptors (Lipinski definition) is 5. The topological polar surface area (TPSA) is 49.4 Å². The average molecular weight is 260 g/mol. The van der Waals surface area contributed by atoms with Gasteiger partial charge >= 0.3 is 0 Å². The highest BCUT2D eigenvalue weighted by Gasteiger charge is 2.22. The Hall–Kier alpha value is -2.34. The third-order valence-electron chi connectivity index (χ3n) is 2.78. The summed E-state index contributed by atoms with van der Waals surface area (Å²) >= 11 is 0. The van der Waals surface area contributed by atoms with E-state index in [4.69, 9.17) is 4.74 Å². The minimum Gasteiger partial charge on any atom is -0.489 e. The van der Waals surface area contributed by atoms with E-state index in [0.29, 0.717) is 5.75 Å². The zero-order chi connectivity index (χ0) is 13.1. The zero-order valence-electron chi connectivity index (χ0n) is 10.1. The summed E-state index contributed by atoms with van der Waals surface area (Å²) in [6, 6.07) is 9.35. The van der Waals surface area contributed by atoms with Gasteiger partial charge in [-0.1, -0.05) is 12.1 Å². The molecule has 19 heavy (non-hydrogen) atoms. The maximum absolute atomic E-state index is 12.3. The molecule has 0 bridgehead atoms. The molecule has 0 aliphatic carbocycles. The van der Waals surface area contributed by atoms with Crippen molar-refractivity contribution in [3.63, 3.8) is 0 Å². The van der Waals surface area contributed by atoms with Crippen molar-refractivity contribution in [1.82, 2.24) is 10.5 Å². The van der Waals surface area contributed by atoms with E-state index in [9.17, 15) is 4.39 Å². The van der Waals surface area contributed by atoms with Crippen LogP contribution in [0.25, 0.3) is 0 Å². The van der Waals surface area contributed by atoms with Crippen molar-refractivity contribution in [1.29, 1.82) is 0 Å². The molecule has 0 fully saturated rings. The molecule has 0 amide bonds. The Morgan fingerprint density at radius 1 is 1.21 bits per heavy atom. The fourth-order valence-electron chi connectivity index (χ4n) is 1.96. The molecule has 5 nitrogen and oxygen atoms in total. The number of benzene rings is 1. The van der Waals surface area contributed by atoms with E-state index in [1.165, 1.54) is 0 Å². The summed E-state index contributed by atoms with van der Waals surface area (Å²) in [5, 5.41) is 1.84. The number of anilines is 3. The van der Waals surface area contributed by atoms with Crippen molar-refractivity contribution >= 4 is 17.1 Å². The van der Waals surface area contributed by atoms with Crippen LogP contribution in [0.15, 0.2) is 42.7 Å².